The van der Waals surface area contributed by atoms with Crippen molar-refractivity contribution in [1.82, 2.24) is 9.97 Å². The number of nitro benzene ring substituents is 1. The fourth-order valence-electron chi connectivity index (χ4n) is 1.90. The lowest BCUT2D eigenvalue weighted by Gasteiger charge is -2.02. The highest BCUT2D eigenvalue weighted by atomic mass is 32.1. The molecule has 0 amide bonds. The molecule has 0 fully saturated rings. The van der Waals surface area contributed by atoms with E-state index in [1.54, 1.807) is 0 Å². The van der Waals surface area contributed by atoms with E-state index in [1.807, 2.05) is 0 Å². The SMILES string of the molecule is O=c1[nH]cnc2cc(-c3c(F)ccc([N+](=O)[O-])c3F)sc12. The predicted molar refractivity (Wildman–Crippen MR) is 72.2 cm³/mol. The lowest BCUT2D eigenvalue weighted by atomic mass is 10.1. The monoisotopic (exact) mass is 309 g/mol. The lowest BCUT2D eigenvalue weighted by Crippen LogP contribution is -2.02. The molecule has 0 spiro atoms. The maximum absolute atomic E-state index is 14.1. The van der Waals surface area contributed by atoms with Crippen molar-refractivity contribution in [1.29, 1.82) is 0 Å². The summed E-state index contributed by atoms with van der Waals surface area (Å²) in [6, 6.07) is 2.89. The van der Waals surface area contributed by atoms with E-state index in [9.17, 15) is 23.7 Å². The van der Waals surface area contributed by atoms with Crippen LogP contribution < -0.4 is 5.56 Å². The van der Waals surface area contributed by atoms with Gasteiger partial charge in [-0.05, 0) is 12.1 Å². The number of benzene rings is 1. The minimum Gasteiger partial charge on any atom is -0.312 e. The molecule has 106 valence electrons. The van der Waals surface area contributed by atoms with Crippen molar-refractivity contribution in [2.24, 2.45) is 0 Å². The van der Waals surface area contributed by atoms with E-state index in [4.69, 9.17) is 0 Å². The number of aromatic amines is 1. The third-order valence-corrected chi connectivity index (χ3v) is 3.97. The summed E-state index contributed by atoms with van der Waals surface area (Å²) in [6.07, 6.45) is 1.17. The van der Waals surface area contributed by atoms with Crippen LogP contribution in [0.1, 0.15) is 0 Å². The topological polar surface area (TPSA) is 88.9 Å². The van der Waals surface area contributed by atoms with Gasteiger partial charge >= 0.3 is 5.69 Å². The van der Waals surface area contributed by atoms with Crippen LogP contribution in [0.5, 0.6) is 0 Å². The van der Waals surface area contributed by atoms with Crippen LogP contribution in [-0.4, -0.2) is 14.9 Å². The second-order valence-electron chi connectivity index (χ2n) is 4.07. The Labute approximate surface area is 118 Å². The van der Waals surface area contributed by atoms with Crippen molar-refractivity contribution >= 4 is 27.2 Å². The number of hydrogen-bond donors (Lipinski definition) is 1. The molecule has 2 aromatic heterocycles. The number of hydrogen-bond acceptors (Lipinski definition) is 5. The van der Waals surface area contributed by atoms with Crippen molar-refractivity contribution in [2.75, 3.05) is 0 Å². The molecule has 0 unspecified atom stereocenters. The van der Waals surface area contributed by atoms with Gasteiger partial charge in [0.15, 0.2) is 0 Å². The summed E-state index contributed by atoms with van der Waals surface area (Å²) < 4.78 is 28.2. The molecular formula is C12H5F2N3O3S. The van der Waals surface area contributed by atoms with Crippen LogP contribution in [0.3, 0.4) is 0 Å². The van der Waals surface area contributed by atoms with Crippen LogP contribution in [0.25, 0.3) is 20.7 Å². The van der Waals surface area contributed by atoms with Crippen LogP contribution in [0, 0.1) is 21.7 Å². The van der Waals surface area contributed by atoms with Crippen molar-refractivity contribution in [3.63, 3.8) is 0 Å². The Kier molecular flexibility index (Phi) is 2.98. The van der Waals surface area contributed by atoms with Gasteiger partial charge in [0.2, 0.25) is 5.82 Å². The number of halogens is 2. The molecule has 6 nitrogen and oxygen atoms in total. The molecule has 0 atom stereocenters. The van der Waals surface area contributed by atoms with E-state index in [0.717, 1.165) is 23.5 Å². The Balaban J connectivity index is 2.32. The number of rotatable bonds is 2. The van der Waals surface area contributed by atoms with Gasteiger partial charge < -0.3 is 4.98 Å². The van der Waals surface area contributed by atoms with Gasteiger partial charge in [-0.3, -0.25) is 14.9 Å². The third-order valence-electron chi connectivity index (χ3n) is 2.83. The summed E-state index contributed by atoms with van der Waals surface area (Å²) in [5.41, 5.74) is -1.54. The molecule has 0 saturated heterocycles. The molecule has 0 bridgehead atoms. The first-order valence-corrected chi connectivity index (χ1v) is 6.40. The normalized spacial score (nSPS) is 11.0. The Bertz CT molecular complexity index is 935. The summed E-state index contributed by atoms with van der Waals surface area (Å²) in [5, 5.41) is 10.7. The van der Waals surface area contributed by atoms with Crippen LogP contribution >= 0.6 is 11.3 Å². The fourth-order valence-corrected chi connectivity index (χ4v) is 2.95. The van der Waals surface area contributed by atoms with E-state index >= 15 is 0 Å². The first-order chi connectivity index (χ1) is 9.99. The Morgan fingerprint density at radius 2 is 2.10 bits per heavy atom. The van der Waals surface area contributed by atoms with Gasteiger partial charge in [0.05, 0.1) is 22.3 Å². The Morgan fingerprint density at radius 1 is 1.33 bits per heavy atom. The summed E-state index contributed by atoms with van der Waals surface area (Å²) >= 11 is 0.817. The summed E-state index contributed by atoms with van der Waals surface area (Å²) in [6.45, 7) is 0. The zero-order chi connectivity index (χ0) is 15.1. The number of fused-ring (bicyclic) bond motifs is 1. The highest BCUT2D eigenvalue weighted by Crippen LogP contribution is 2.37. The number of nitrogens with one attached hydrogen (secondary N) is 1. The van der Waals surface area contributed by atoms with Crippen molar-refractivity contribution in [2.45, 2.75) is 0 Å². The van der Waals surface area contributed by atoms with E-state index < -0.39 is 33.4 Å². The molecule has 0 radical (unpaired) electrons. The number of H-pyrrole nitrogens is 1. The summed E-state index contributed by atoms with van der Waals surface area (Å²) in [7, 11) is 0. The van der Waals surface area contributed by atoms with Gasteiger partial charge in [0.25, 0.3) is 5.56 Å². The van der Waals surface area contributed by atoms with E-state index in [-0.39, 0.29) is 15.1 Å². The summed E-state index contributed by atoms with van der Waals surface area (Å²) in [4.78, 5) is 27.7. The predicted octanol–water partition coefficient (Wildman–Crippen LogP) is 2.84. The molecule has 2 heterocycles. The Hall–Kier alpha value is -2.68. The van der Waals surface area contributed by atoms with Crippen molar-refractivity contribution < 1.29 is 13.7 Å². The highest BCUT2D eigenvalue weighted by Gasteiger charge is 2.24. The maximum Gasteiger partial charge on any atom is 0.305 e. The van der Waals surface area contributed by atoms with E-state index in [1.165, 1.54) is 12.4 Å². The van der Waals surface area contributed by atoms with Crippen molar-refractivity contribution in [3.05, 3.63) is 56.6 Å². The largest absolute Gasteiger partial charge is 0.312 e. The van der Waals surface area contributed by atoms with E-state index in [2.05, 4.69) is 9.97 Å². The smallest absolute Gasteiger partial charge is 0.305 e. The molecule has 9 heteroatoms. The molecule has 3 aromatic rings. The highest BCUT2D eigenvalue weighted by molar-refractivity contribution is 7.22. The average molecular weight is 309 g/mol. The zero-order valence-corrected chi connectivity index (χ0v) is 10.9. The van der Waals surface area contributed by atoms with Crippen LogP contribution in [0.2, 0.25) is 0 Å². The van der Waals surface area contributed by atoms with Gasteiger partial charge in [-0.15, -0.1) is 11.3 Å². The molecule has 21 heavy (non-hydrogen) atoms. The van der Waals surface area contributed by atoms with Gasteiger partial charge in [0.1, 0.15) is 10.5 Å². The number of nitrogens with zero attached hydrogens (tertiary/aromatic N) is 2. The van der Waals surface area contributed by atoms with E-state index in [0.29, 0.717) is 0 Å². The Morgan fingerprint density at radius 3 is 2.76 bits per heavy atom. The lowest BCUT2D eigenvalue weighted by molar-refractivity contribution is -0.387. The second kappa shape index (κ2) is 4.70. The third kappa shape index (κ3) is 2.07. The standard InChI is InChI=1S/C12H5F2N3O3S/c13-5-1-2-7(17(19)20)10(14)9(5)8-3-6-11(21-8)12(18)16-4-15-6/h1-4H,(H,15,16,18). The molecule has 3 rings (SSSR count). The first-order valence-electron chi connectivity index (χ1n) is 5.59. The van der Waals surface area contributed by atoms with Gasteiger partial charge in [-0.25, -0.2) is 9.37 Å². The van der Waals surface area contributed by atoms with Crippen molar-refractivity contribution in [3.8, 4) is 10.4 Å². The van der Waals surface area contributed by atoms with Crippen LogP contribution in [0.4, 0.5) is 14.5 Å². The molecule has 0 aliphatic rings. The van der Waals surface area contributed by atoms with Gasteiger partial charge in [-0.2, -0.15) is 4.39 Å². The average Bonchev–Trinajstić information content (AvgIpc) is 2.83. The zero-order valence-electron chi connectivity index (χ0n) is 10.1. The molecule has 0 aliphatic heterocycles. The minimum absolute atomic E-state index is 0.0629. The molecule has 1 aromatic carbocycles. The molecular weight excluding hydrogens is 304 g/mol. The first kappa shape index (κ1) is 13.3. The quantitative estimate of drug-likeness (QED) is 0.582. The minimum atomic E-state index is -1.28. The molecule has 1 N–H and O–H groups in total. The molecule has 0 aliphatic carbocycles. The van der Waals surface area contributed by atoms with Crippen LogP contribution in [0.15, 0.2) is 29.3 Å². The maximum atomic E-state index is 14.1. The second-order valence-corrected chi connectivity index (χ2v) is 5.12. The fraction of sp³-hybridized carbons (Fsp3) is 0. The van der Waals surface area contributed by atoms with Gasteiger partial charge in [0, 0.05) is 10.9 Å². The van der Waals surface area contributed by atoms with Crippen LogP contribution in [-0.2, 0) is 0 Å². The number of aromatic nitrogens is 2. The molecule has 0 saturated carbocycles. The number of nitro groups is 1. The van der Waals surface area contributed by atoms with Gasteiger partial charge in [-0.1, -0.05) is 0 Å². The summed E-state index contributed by atoms with van der Waals surface area (Å²) in [5.74, 6) is -2.22. The number of thiophene rings is 1.